The number of carboxylic acid groups (broad SMARTS) is 1. The molecule has 0 radical (unpaired) electrons. The third kappa shape index (κ3) is 1.80. The summed E-state index contributed by atoms with van der Waals surface area (Å²) in [6.45, 7) is 5.34. The van der Waals surface area contributed by atoms with Crippen molar-refractivity contribution in [1.82, 2.24) is 4.98 Å². The summed E-state index contributed by atoms with van der Waals surface area (Å²) < 4.78 is 0. The van der Waals surface area contributed by atoms with Gasteiger partial charge in [-0.2, -0.15) is 0 Å². The summed E-state index contributed by atoms with van der Waals surface area (Å²) in [6.07, 6.45) is -0.571. The number of aliphatic hydroxyl groups is 1. The van der Waals surface area contributed by atoms with Gasteiger partial charge in [-0.1, -0.05) is 0 Å². The zero-order valence-corrected chi connectivity index (χ0v) is 10.0. The van der Waals surface area contributed by atoms with Crippen LogP contribution in [0.2, 0.25) is 0 Å². The van der Waals surface area contributed by atoms with Gasteiger partial charge in [0.25, 0.3) is 0 Å². The molecule has 0 aliphatic carbocycles. The molecule has 1 atom stereocenters. The van der Waals surface area contributed by atoms with E-state index in [0.717, 1.165) is 22.2 Å². The molecule has 0 spiro atoms. The number of H-pyrrole nitrogens is 1. The molecule has 0 amide bonds. The summed E-state index contributed by atoms with van der Waals surface area (Å²) >= 11 is 0. The number of rotatable bonds is 2. The highest BCUT2D eigenvalue weighted by Gasteiger charge is 2.16. The molecule has 1 aromatic carbocycles. The number of carbonyl (C=O) groups is 1. The van der Waals surface area contributed by atoms with Gasteiger partial charge in [0.05, 0.1) is 11.7 Å². The SMILES string of the molecule is Cc1cc2c(C(C)O)c(C)[nH]c2cc1C(=O)O. The number of aryl methyl sites for hydroxylation is 2. The molecule has 0 aliphatic heterocycles. The Morgan fingerprint density at radius 3 is 2.53 bits per heavy atom. The number of aromatic amines is 1. The minimum absolute atomic E-state index is 0.288. The van der Waals surface area contributed by atoms with Gasteiger partial charge in [0.1, 0.15) is 0 Å². The fourth-order valence-corrected chi connectivity index (χ4v) is 2.27. The number of hydrogen-bond acceptors (Lipinski definition) is 2. The number of benzene rings is 1. The van der Waals surface area contributed by atoms with E-state index >= 15 is 0 Å². The molecule has 1 unspecified atom stereocenters. The maximum absolute atomic E-state index is 11.0. The van der Waals surface area contributed by atoms with Crippen molar-refractivity contribution in [2.24, 2.45) is 0 Å². The lowest BCUT2D eigenvalue weighted by Crippen LogP contribution is -1.99. The van der Waals surface area contributed by atoms with Gasteiger partial charge in [-0.25, -0.2) is 4.79 Å². The molecule has 1 heterocycles. The number of fused-ring (bicyclic) bond motifs is 1. The van der Waals surface area contributed by atoms with Crippen LogP contribution in [0.5, 0.6) is 0 Å². The Kier molecular flexibility index (Phi) is 2.67. The second-order valence-corrected chi connectivity index (χ2v) is 4.36. The third-order valence-electron chi connectivity index (χ3n) is 3.03. The van der Waals surface area contributed by atoms with E-state index in [1.165, 1.54) is 0 Å². The number of aromatic nitrogens is 1. The average molecular weight is 233 g/mol. The van der Waals surface area contributed by atoms with Crippen molar-refractivity contribution >= 4 is 16.9 Å². The number of aromatic carboxylic acids is 1. The molecular formula is C13H15NO3. The van der Waals surface area contributed by atoms with Crippen molar-refractivity contribution in [3.05, 3.63) is 34.5 Å². The average Bonchev–Trinajstić information content (AvgIpc) is 2.51. The molecule has 17 heavy (non-hydrogen) atoms. The zero-order valence-electron chi connectivity index (χ0n) is 10.0. The van der Waals surface area contributed by atoms with Crippen molar-refractivity contribution in [1.29, 1.82) is 0 Å². The summed E-state index contributed by atoms with van der Waals surface area (Å²) in [5, 5.41) is 19.7. The Balaban J connectivity index is 2.79. The van der Waals surface area contributed by atoms with E-state index in [2.05, 4.69) is 4.98 Å². The van der Waals surface area contributed by atoms with Crippen LogP contribution >= 0.6 is 0 Å². The molecule has 4 heteroatoms. The van der Waals surface area contributed by atoms with Crippen LogP contribution < -0.4 is 0 Å². The van der Waals surface area contributed by atoms with Crippen molar-refractivity contribution in [2.75, 3.05) is 0 Å². The molecule has 0 fully saturated rings. The lowest BCUT2D eigenvalue weighted by atomic mass is 10.0. The molecule has 2 aromatic rings. The zero-order chi connectivity index (χ0) is 12.7. The molecule has 2 rings (SSSR count). The predicted molar refractivity (Wildman–Crippen MR) is 65.4 cm³/mol. The summed E-state index contributed by atoms with van der Waals surface area (Å²) in [7, 11) is 0. The Labute approximate surface area is 98.9 Å². The first-order valence-electron chi connectivity index (χ1n) is 5.46. The second kappa shape index (κ2) is 3.89. The fourth-order valence-electron chi connectivity index (χ4n) is 2.27. The van der Waals surface area contributed by atoms with E-state index < -0.39 is 12.1 Å². The van der Waals surface area contributed by atoms with Crippen LogP contribution in [0.15, 0.2) is 12.1 Å². The van der Waals surface area contributed by atoms with Crippen molar-refractivity contribution < 1.29 is 15.0 Å². The summed E-state index contributed by atoms with van der Waals surface area (Å²) in [5.41, 5.74) is 3.44. The first-order chi connectivity index (χ1) is 7.91. The molecule has 90 valence electrons. The van der Waals surface area contributed by atoms with Gasteiger partial charge in [0.2, 0.25) is 0 Å². The largest absolute Gasteiger partial charge is 0.478 e. The monoisotopic (exact) mass is 233 g/mol. The van der Waals surface area contributed by atoms with E-state index in [0.29, 0.717) is 5.56 Å². The number of aliphatic hydroxyl groups excluding tert-OH is 1. The van der Waals surface area contributed by atoms with Gasteiger partial charge in [-0.15, -0.1) is 0 Å². The molecule has 4 nitrogen and oxygen atoms in total. The molecule has 1 aromatic heterocycles. The van der Waals surface area contributed by atoms with Crippen molar-refractivity contribution in [3.63, 3.8) is 0 Å². The highest BCUT2D eigenvalue weighted by Crippen LogP contribution is 2.29. The van der Waals surface area contributed by atoms with Crippen LogP contribution in [0.4, 0.5) is 0 Å². The maximum atomic E-state index is 11.0. The van der Waals surface area contributed by atoms with Crippen molar-refractivity contribution in [2.45, 2.75) is 26.9 Å². The third-order valence-corrected chi connectivity index (χ3v) is 3.03. The normalized spacial score (nSPS) is 12.9. The van der Waals surface area contributed by atoms with Gasteiger partial charge >= 0.3 is 5.97 Å². The predicted octanol–water partition coefficient (Wildman–Crippen LogP) is 2.54. The van der Waals surface area contributed by atoms with E-state index in [9.17, 15) is 9.90 Å². The first kappa shape index (κ1) is 11.7. The topological polar surface area (TPSA) is 73.3 Å². The molecular weight excluding hydrogens is 218 g/mol. The number of hydrogen-bond donors (Lipinski definition) is 3. The van der Waals surface area contributed by atoms with Crippen LogP contribution in [-0.4, -0.2) is 21.2 Å². The summed E-state index contributed by atoms with van der Waals surface area (Å²) in [5.74, 6) is -0.935. The molecule has 0 aliphatic rings. The van der Waals surface area contributed by atoms with Crippen LogP contribution in [0.25, 0.3) is 10.9 Å². The van der Waals surface area contributed by atoms with E-state index in [1.54, 1.807) is 19.9 Å². The molecule has 0 saturated carbocycles. The lowest BCUT2D eigenvalue weighted by molar-refractivity contribution is 0.0696. The van der Waals surface area contributed by atoms with E-state index in [4.69, 9.17) is 5.11 Å². The summed E-state index contributed by atoms with van der Waals surface area (Å²) in [4.78, 5) is 14.1. The van der Waals surface area contributed by atoms with Gasteiger partial charge < -0.3 is 15.2 Å². The highest BCUT2D eigenvalue weighted by molar-refractivity contribution is 5.96. The first-order valence-corrected chi connectivity index (χ1v) is 5.46. The molecule has 0 saturated heterocycles. The Bertz CT molecular complexity index is 596. The van der Waals surface area contributed by atoms with Crippen LogP contribution in [0, 0.1) is 13.8 Å². The standard InChI is InChI=1S/C13H15NO3/c1-6-4-10-11(5-9(6)13(16)17)14-7(2)12(10)8(3)15/h4-5,8,14-15H,1-3H3,(H,16,17). The Hall–Kier alpha value is -1.81. The maximum Gasteiger partial charge on any atom is 0.336 e. The van der Waals surface area contributed by atoms with Gasteiger partial charge in [-0.3, -0.25) is 0 Å². The Morgan fingerprint density at radius 2 is 2.00 bits per heavy atom. The number of carboxylic acids is 1. The van der Waals surface area contributed by atoms with E-state index in [-0.39, 0.29) is 5.56 Å². The van der Waals surface area contributed by atoms with Gasteiger partial charge in [0, 0.05) is 22.2 Å². The molecule has 3 N–H and O–H groups in total. The quantitative estimate of drug-likeness (QED) is 0.746. The minimum Gasteiger partial charge on any atom is -0.478 e. The summed E-state index contributed by atoms with van der Waals surface area (Å²) in [6, 6.07) is 3.43. The van der Waals surface area contributed by atoms with Crippen molar-refractivity contribution in [3.8, 4) is 0 Å². The van der Waals surface area contributed by atoms with Crippen LogP contribution in [-0.2, 0) is 0 Å². The van der Waals surface area contributed by atoms with Gasteiger partial charge in [-0.05, 0) is 38.5 Å². The fraction of sp³-hybridized carbons (Fsp3) is 0.308. The smallest absolute Gasteiger partial charge is 0.336 e. The van der Waals surface area contributed by atoms with Crippen LogP contribution in [0.1, 0.15) is 40.2 Å². The second-order valence-electron chi connectivity index (χ2n) is 4.36. The lowest BCUT2D eigenvalue weighted by Gasteiger charge is -2.06. The number of nitrogens with one attached hydrogen (secondary N) is 1. The van der Waals surface area contributed by atoms with Crippen LogP contribution in [0.3, 0.4) is 0 Å². The minimum atomic E-state index is -0.935. The Morgan fingerprint density at radius 1 is 1.35 bits per heavy atom. The van der Waals surface area contributed by atoms with E-state index in [1.807, 2.05) is 13.0 Å². The molecule has 0 bridgehead atoms. The highest BCUT2D eigenvalue weighted by atomic mass is 16.4. The van der Waals surface area contributed by atoms with Gasteiger partial charge in [0.15, 0.2) is 0 Å².